The minimum atomic E-state index is -1.13. The van der Waals surface area contributed by atoms with E-state index in [0.29, 0.717) is 6.42 Å². The van der Waals surface area contributed by atoms with E-state index < -0.39 is 23.9 Å². The first-order valence-corrected chi connectivity index (χ1v) is 8.26. The lowest BCUT2D eigenvalue weighted by atomic mass is 10.2. The van der Waals surface area contributed by atoms with Gasteiger partial charge in [0, 0.05) is 6.92 Å². The molecule has 0 aliphatic rings. The third kappa shape index (κ3) is 11.4. The van der Waals surface area contributed by atoms with Crippen molar-refractivity contribution in [2.24, 2.45) is 0 Å². The van der Waals surface area contributed by atoms with Gasteiger partial charge < -0.3 is 20.1 Å². The first kappa shape index (κ1) is 21.9. The van der Waals surface area contributed by atoms with Crippen molar-refractivity contribution in [2.45, 2.75) is 58.9 Å². The molecule has 0 saturated heterocycles. The fourth-order valence-corrected chi connectivity index (χ4v) is 1.62. The van der Waals surface area contributed by atoms with Crippen LogP contribution in [-0.4, -0.2) is 49.6 Å². The van der Waals surface area contributed by atoms with E-state index >= 15 is 0 Å². The number of hydrogen-bond acceptors (Lipinski definition) is 6. The lowest BCUT2D eigenvalue weighted by Gasteiger charge is -2.17. The summed E-state index contributed by atoms with van der Waals surface area (Å²) in [5, 5.41) is 4.71. The minimum absolute atomic E-state index is 0.221. The zero-order valence-electron chi connectivity index (χ0n) is 14.7. The van der Waals surface area contributed by atoms with E-state index in [-0.39, 0.29) is 32.1 Å². The predicted octanol–water partition coefficient (Wildman–Crippen LogP) is 0.684. The van der Waals surface area contributed by atoms with Crippen LogP contribution in [0.5, 0.6) is 0 Å². The Morgan fingerprint density at radius 2 is 1.54 bits per heavy atom. The summed E-state index contributed by atoms with van der Waals surface area (Å²) in [7, 11) is 0. The van der Waals surface area contributed by atoms with E-state index in [1.54, 1.807) is 0 Å². The Balaban J connectivity index is 4.57. The van der Waals surface area contributed by atoms with Gasteiger partial charge in [0.25, 0.3) is 0 Å². The van der Waals surface area contributed by atoms with Gasteiger partial charge in [-0.05, 0) is 12.8 Å². The van der Waals surface area contributed by atoms with Gasteiger partial charge in [0.05, 0.1) is 26.2 Å². The summed E-state index contributed by atoms with van der Waals surface area (Å²) in [4.78, 5) is 46.3. The number of amides is 2. The largest absolute Gasteiger partial charge is 0.466 e. The number of carbonyl (C=O) groups is 4. The highest BCUT2D eigenvalue weighted by atomic mass is 16.5. The molecule has 8 heteroatoms. The van der Waals surface area contributed by atoms with Crippen LogP contribution in [0, 0.1) is 0 Å². The van der Waals surface area contributed by atoms with Crippen LogP contribution in [0.3, 0.4) is 0 Å². The van der Waals surface area contributed by atoms with Gasteiger partial charge in [-0.15, -0.1) is 0 Å². The molecule has 8 nitrogen and oxygen atoms in total. The molecule has 0 fully saturated rings. The van der Waals surface area contributed by atoms with Gasteiger partial charge in [-0.25, -0.2) is 4.79 Å². The molecule has 1 atom stereocenters. The summed E-state index contributed by atoms with van der Waals surface area (Å²) in [5.41, 5.74) is 0. The van der Waals surface area contributed by atoms with Crippen molar-refractivity contribution in [3.8, 4) is 0 Å². The Morgan fingerprint density at radius 1 is 0.958 bits per heavy atom. The van der Waals surface area contributed by atoms with Gasteiger partial charge in [0.1, 0.15) is 6.04 Å². The number of nitrogens with one attached hydrogen (secondary N) is 2. The van der Waals surface area contributed by atoms with Crippen LogP contribution >= 0.6 is 0 Å². The summed E-state index contributed by atoms with van der Waals surface area (Å²) in [5.74, 6) is -2.22. The maximum Gasteiger partial charge on any atom is 0.329 e. The summed E-state index contributed by atoms with van der Waals surface area (Å²) >= 11 is 0. The van der Waals surface area contributed by atoms with Crippen LogP contribution in [0.1, 0.15) is 52.9 Å². The van der Waals surface area contributed by atoms with Crippen LogP contribution in [0.4, 0.5) is 0 Å². The first-order chi connectivity index (χ1) is 11.4. The molecule has 0 aliphatic heterocycles. The Bertz CT molecular complexity index is 425. The quantitative estimate of drug-likeness (QED) is 0.398. The van der Waals surface area contributed by atoms with Crippen LogP contribution in [-0.2, 0) is 28.7 Å². The molecule has 0 aromatic rings. The maximum absolute atomic E-state index is 12.0. The molecule has 2 N–H and O–H groups in total. The van der Waals surface area contributed by atoms with E-state index in [9.17, 15) is 19.2 Å². The molecule has 1 unspecified atom stereocenters. The summed E-state index contributed by atoms with van der Waals surface area (Å²) in [6.45, 7) is 5.40. The zero-order valence-corrected chi connectivity index (χ0v) is 14.7. The van der Waals surface area contributed by atoms with Crippen molar-refractivity contribution in [3.05, 3.63) is 0 Å². The van der Waals surface area contributed by atoms with Gasteiger partial charge in [-0.1, -0.05) is 26.7 Å². The predicted molar refractivity (Wildman–Crippen MR) is 87.0 cm³/mol. The summed E-state index contributed by atoms with van der Waals surface area (Å²) in [6, 6.07) is -1.13. The average molecular weight is 344 g/mol. The number of unbranched alkanes of at least 4 members (excludes halogenated alkanes) is 2. The summed E-state index contributed by atoms with van der Waals surface area (Å²) < 4.78 is 10.0. The molecule has 24 heavy (non-hydrogen) atoms. The van der Waals surface area contributed by atoms with Gasteiger partial charge in [0.15, 0.2) is 0 Å². The molecule has 0 spiro atoms. The number of carbonyl (C=O) groups excluding carboxylic acids is 4. The highest BCUT2D eigenvalue weighted by molar-refractivity contribution is 5.90. The van der Waals surface area contributed by atoms with E-state index in [4.69, 9.17) is 9.47 Å². The van der Waals surface area contributed by atoms with Crippen molar-refractivity contribution in [1.29, 1.82) is 0 Å². The molecule has 0 heterocycles. The van der Waals surface area contributed by atoms with Crippen LogP contribution in [0.15, 0.2) is 0 Å². The van der Waals surface area contributed by atoms with Crippen molar-refractivity contribution in [2.75, 3.05) is 19.8 Å². The molecular weight excluding hydrogens is 316 g/mol. The van der Waals surface area contributed by atoms with E-state index in [2.05, 4.69) is 10.6 Å². The zero-order chi connectivity index (χ0) is 18.4. The second-order valence-electron chi connectivity index (χ2n) is 5.33. The molecule has 0 aliphatic carbocycles. The van der Waals surface area contributed by atoms with Crippen molar-refractivity contribution in [3.63, 3.8) is 0 Å². The van der Waals surface area contributed by atoms with Gasteiger partial charge in [0.2, 0.25) is 11.8 Å². The lowest BCUT2D eigenvalue weighted by Crippen LogP contribution is -2.47. The number of hydrogen-bond donors (Lipinski definition) is 2. The van der Waals surface area contributed by atoms with Crippen molar-refractivity contribution >= 4 is 23.8 Å². The fourth-order valence-electron chi connectivity index (χ4n) is 1.62. The lowest BCUT2D eigenvalue weighted by molar-refractivity contribution is -0.153. The Kier molecular flexibility index (Phi) is 12.2. The number of rotatable bonds is 12. The molecule has 0 aromatic heterocycles. The van der Waals surface area contributed by atoms with Gasteiger partial charge in [-0.3, -0.25) is 14.4 Å². The Hall–Kier alpha value is -2.12. The van der Waals surface area contributed by atoms with Gasteiger partial charge >= 0.3 is 11.9 Å². The Morgan fingerprint density at radius 3 is 2.08 bits per heavy atom. The number of ether oxygens (including phenoxy) is 2. The molecular formula is C16H28N2O6. The smallest absolute Gasteiger partial charge is 0.329 e. The summed E-state index contributed by atoms with van der Waals surface area (Å²) in [6.07, 6.45) is 2.85. The first-order valence-electron chi connectivity index (χ1n) is 8.26. The van der Waals surface area contributed by atoms with Crippen molar-refractivity contribution < 1.29 is 28.7 Å². The highest BCUT2D eigenvalue weighted by Gasteiger charge is 2.26. The SMILES string of the molecule is CCCCOC(=O)CC(NC(=O)CNC(C)=O)C(=O)OCCCC. The molecule has 0 aromatic carbocycles. The third-order valence-corrected chi connectivity index (χ3v) is 2.99. The van der Waals surface area contributed by atoms with Crippen LogP contribution in [0.25, 0.3) is 0 Å². The van der Waals surface area contributed by atoms with Crippen molar-refractivity contribution in [1.82, 2.24) is 10.6 Å². The molecule has 138 valence electrons. The van der Waals surface area contributed by atoms with E-state index in [1.807, 2.05) is 13.8 Å². The molecule has 0 saturated carbocycles. The minimum Gasteiger partial charge on any atom is -0.466 e. The monoisotopic (exact) mass is 344 g/mol. The third-order valence-electron chi connectivity index (χ3n) is 2.99. The maximum atomic E-state index is 12.0. The standard InChI is InChI=1S/C16H28N2O6/c1-4-6-8-23-15(21)10-13(16(22)24-9-7-5-2)18-14(20)11-17-12(3)19/h13H,4-11H2,1-3H3,(H,17,19)(H,18,20). The second kappa shape index (κ2) is 13.3. The van der Waals surface area contributed by atoms with Crippen LogP contribution in [0.2, 0.25) is 0 Å². The van der Waals surface area contributed by atoms with Gasteiger partial charge in [-0.2, -0.15) is 0 Å². The fraction of sp³-hybridized carbons (Fsp3) is 0.750. The topological polar surface area (TPSA) is 111 Å². The normalized spacial score (nSPS) is 11.3. The second-order valence-corrected chi connectivity index (χ2v) is 5.33. The average Bonchev–Trinajstić information content (AvgIpc) is 2.52. The molecule has 2 amide bonds. The molecule has 0 radical (unpaired) electrons. The Labute approximate surface area is 142 Å². The number of esters is 2. The highest BCUT2D eigenvalue weighted by Crippen LogP contribution is 2.01. The molecule has 0 rings (SSSR count). The van der Waals surface area contributed by atoms with Crippen LogP contribution < -0.4 is 10.6 Å². The molecule has 0 bridgehead atoms. The van der Waals surface area contributed by atoms with E-state index in [0.717, 1.165) is 19.3 Å². The van der Waals surface area contributed by atoms with E-state index in [1.165, 1.54) is 6.92 Å².